The molecule has 21 heavy (non-hydrogen) atoms. The van der Waals surface area contributed by atoms with Crippen LogP contribution < -0.4 is 4.90 Å². The highest BCUT2D eigenvalue weighted by molar-refractivity contribution is 6.29. The first-order valence-electron chi connectivity index (χ1n) is 6.98. The molecule has 1 saturated heterocycles. The average molecular weight is 306 g/mol. The van der Waals surface area contributed by atoms with Crippen molar-refractivity contribution in [3.8, 4) is 0 Å². The summed E-state index contributed by atoms with van der Waals surface area (Å²) in [5, 5.41) is 0.431. The summed E-state index contributed by atoms with van der Waals surface area (Å²) in [6, 6.07) is 5.32. The van der Waals surface area contributed by atoms with Gasteiger partial charge in [0.1, 0.15) is 16.8 Å². The standard InChI is InChI=1S/C15H16ClN3O2/c1-10-17-14(16)9-15(18-10)19-6-2-4-11(19)8-12(20)13-5-3-7-21-13/h3,5,7,9,11H,2,4,6,8H2,1H3/t11-/m0/s1. The van der Waals surface area contributed by atoms with E-state index in [0.717, 1.165) is 25.2 Å². The minimum absolute atomic E-state index is 0.0220. The molecule has 0 spiro atoms. The summed E-state index contributed by atoms with van der Waals surface area (Å²) in [5.74, 6) is 1.87. The third kappa shape index (κ3) is 3.08. The largest absolute Gasteiger partial charge is 0.461 e. The molecule has 0 unspecified atom stereocenters. The average Bonchev–Trinajstić information content (AvgIpc) is 3.08. The van der Waals surface area contributed by atoms with E-state index in [2.05, 4.69) is 14.9 Å². The minimum Gasteiger partial charge on any atom is -0.461 e. The smallest absolute Gasteiger partial charge is 0.200 e. The van der Waals surface area contributed by atoms with Crippen molar-refractivity contribution in [1.29, 1.82) is 0 Å². The lowest BCUT2D eigenvalue weighted by Gasteiger charge is -2.25. The molecule has 2 aromatic rings. The van der Waals surface area contributed by atoms with E-state index in [9.17, 15) is 4.79 Å². The predicted molar refractivity (Wildman–Crippen MR) is 79.8 cm³/mol. The Morgan fingerprint density at radius 1 is 1.52 bits per heavy atom. The van der Waals surface area contributed by atoms with Crippen molar-refractivity contribution in [3.05, 3.63) is 41.2 Å². The summed E-state index contributed by atoms with van der Waals surface area (Å²) in [6.07, 6.45) is 3.95. The second-order valence-corrected chi connectivity index (χ2v) is 5.58. The van der Waals surface area contributed by atoms with Crippen LogP contribution in [0.15, 0.2) is 28.9 Å². The number of carbonyl (C=O) groups is 1. The number of nitrogens with zero attached hydrogens (tertiary/aromatic N) is 3. The van der Waals surface area contributed by atoms with Crippen molar-refractivity contribution < 1.29 is 9.21 Å². The van der Waals surface area contributed by atoms with E-state index in [1.54, 1.807) is 18.2 Å². The molecule has 5 nitrogen and oxygen atoms in total. The number of ketones is 1. The summed E-state index contributed by atoms with van der Waals surface area (Å²) in [5.41, 5.74) is 0. The monoisotopic (exact) mass is 305 g/mol. The predicted octanol–water partition coefficient (Wildman–Crippen LogP) is 3.27. The van der Waals surface area contributed by atoms with E-state index in [-0.39, 0.29) is 11.8 Å². The van der Waals surface area contributed by atoms with E-state index < -0.39 is 0 Å². The van der Waals surface area contributed by atoms with Gasteiger partial charge in [0.2, 0.25) is 0 Å². The van der Waals surface area contributed by atoms with Crippen molar-refractivity contribution >= 4 is 23.2 Å². The molecule has 1 atom stereocenters. The highest BCUT2D eigenvalue weighted by atomic mass is 35.5. The van der Waals surface area contributed by atoms with Crippen LogP contribution in [0.25, 0.3) is 0 Å². The molecule has 3 heterocycles. The number of carbonyl (C=O) groups excluding carboxylic acids is 1. The van der Waals surface area contributed by atoms with Gasteiger partial charge in [-0.1, -0.05) is 11.6 Å². The Hall–Kier alpha value is -1.88. The number of furan rings is 1. The second kappa shape index (κ2) is 5.85. The number of anilines is 1. The van der Waals surface area contributed by atoms with Gasteiger partial charge >= 0.3 is 0 Å². The molecule has 2 aromatic heterocycles. The summed E-state index contributed by atoms with van der Waals surface area (Å²) in [4.78, 5) is 22.8. The van der Waals surface area contributed by atoms with Crippen LogP contribution in [0.3, 0.4) is 0 Å². The zero-order chi connectivity index (χ0) is 14.8. The molecular formula is C15H16ClN3O2. The quantitative estimate of drug-likeness (QED) is 0.641. The van der Waals surface area contributed by atoms with Crippen molar-refractivity contribution in [2.75, 3.05) is 11.4 Å². The second-order valence-electron chi connectivity index (χ2n) is 5.19. The molecule has 1 fully saturated rings. The Kier molecular flexibility index (Phi) is 3.92. The molecule has 110 valence electrons. The Morgan fingerprint density at radius 3 is 3.10 bits per heavy atom. The van der Waals surface area contributed by atoms with Crippen LogP contribution >= 0.6 is 11.6 Å². The van der Waals surface area contributed by atoms with Gasteiger partial charge in [-0.3, -0.25) is 4.79 Å². The van der Waals surface area contributed by atoms with E-state index in [1.165, 1.54) is 6.26 Å². The molecule has 0 aromatic carbocycles. The Labute approximate surface area is 127 Å². The van der Waals surface area contributed by atoms with E-state index in [1.807, 2.05) is 6.92 Å². The van der Waals surface area contributed by atoms with Gasteiger partial charge in [-0.05, 0) is 31.9 Å². The number of halogens is 1. The van der Waals surface area contributed by atoms with Crippen molar-refractivity contribution in [1.82, 2.24) is 9.97 Å². The van der Waals surface area contributed by atoms with Crippen molar-refractivity contribution in [3.63, 3.8) is 0 Å². The topological polar surface area (TPSA) is 59.2 Å². The molecule has 6 heteroatoms. The molecule has 0 amide bonds. The first-order valence-corrected chi connectivity index (χ1v) is 7.36. The van der Waals surface area contributed by atoms with Gasteiger partial charge in [0, 0.05) is 25.1 Å². The van der Waals surface area contributed by atoms with E-state index >= 15 is 0 Å². The fourth-order valence-electron chi connectivity index (χ4n) is 2.76. The molecule has 1 aliphatic rings. The number of aryl methyl sites for hydroxylation is 1. The van der Waals surface area contributed by atoms with Crippen LogP contribution in [-0.4, -0.2) is 28.3 Å². The first kappa shape index (κ1) is 14.1. The highest BCUT2D eigenvalue weighted by Crippen LogP contribution is 2.28. The molecule has 1 aliphatic heterocycles. The maximum absolute atomic E-state index is 12.2. The lowest BCUT2D eigenvalue weighted by atomic mass is 10.1. The van der Waals surface area contributed by atoms with Crippen LogP contribution in [-0.2, 0) is 0 Å². The number of hydrogen-bond donors (Lipinski definition) is 0. The molecule has 0 N–H and O–H groups in total. The normalized spacial score (nSPS) is 18.2. The lowest BCUT2D eigenvalue weighted by Crippen LogP contribution is -2.32. The highest BCUT2D eigenvalue weighted by Gasteiger charge is 2.29. The van der Waals surface area contributed by atoms with Crippen LogP contribution in [0.4, 0.5) is 5.82 Å². The van der Waals surface area contributed by atoms with Crippen molar-refractivity contribution in [2.45, 2.75) is 32.2 Å². The molecule has 0 bridgehead atoms. The van der Waals surface area contributed by atoms with Gasteiger partial charge in [-0.15, -0.1) is 0 Å². The summed E-state index contributed by atoms with van der Waals surface area (Å²) in [6.45, 7) is 2.69. The fraction of sp³-hybridized carbons (Fsp3) is 0.400. The number of rotatable bonds is 4. The van der Waals surface area contributed by atoms with Gasteiger partial charge in [0.05, 0.1) is 6.26 Å². The minimum atomic E-state index is 0.0220. The van der Waals surface area contributed by atoms with E-state index in [0.29, 0.717) is 23.2 Å². The number of hydrogen-bond acceptors (Lipinski definition) is 5. The van der Waals surface area contributed by atoms with Crippen LogP contribution in [0.1, 0.15) is 35.6 Å². The van der Waals surface area contributed by atoms with Crippen molar-refractivity contribution in [2.24, 2.45) is 0 Å². The third-order valence-electron chi connectivity index (χ3n) is 3.68. The molecule has 0 radical (unpaired) electrons. The Balaban J connectivity index is 1.77. The maximum Gasteiger partial charge on any atom is 0.200 e. The Morgan fingerprint density at radius 2 is 2.38 bits per heavy atom. The first-order chi connectivity index (χ1) is 10.1. The number of Topliss-reactive ketones (excluding diaryl/α,β-unsaturated/α-hetero) is 1. The molecular weight excluding hydrogens is 290 g/mol. The summed E-state index contributed by atoms with van der Waals surface area (Å²) < 4.78 is 5.17. The van der Waals surface area contributed by atoms with Gasteiger partial charge < -0.3 is 9.32 Å². The van der Waals surface area contributed by atoms with E-state index in [4.69, 9.17) is 16.0 Å². The maximum atomic E-state index is 12.2. The van der Waals surface area contributed by atoms with Crippen LogP contribution in [0.2, 0.25) is 5.15 Å². The van der Waals surface area contributed by atoms with Gasteiger partial charge in [0.15, 0.2) is 11.5 Å². The SMILES string of the molecule is Cc1nc(Cl)cc(N2CCC[C@H]2CC(=O)c2ccco2)n1. The van der Waals surface area contributed by atoms with Gasteiger partial charge in [-0.25, -0.2) is 9.97 Å². The summed E-state index contributed by atoms with van der Waals surface area (Å²) >= 11 is 6.00. The zero-order valence-corrected chi connectivity index (χ0v) is 12.5. The lowest BCUT2D eigenvalue weighted by molar-refractivity contribution is 0.0947. The summed E-state index contributed by atoms with van der Waals surface area (Å²) in [7, 11) is 0. The van der Waals surface area contributed by atoms with Gasteiger partial charge in [-0.2, -0.15) is 0 Å². The Bertz CT molecular complexity index is 622. The zero-order valence-electron chi connectivity index (χ0n) is 11.8. The van der Waals surface area contributed by atoms with Gasteiger partial charge in [0.25, 0.3) is 0 Å². The third-order valence-corrected chi connectivity index (χ3v) is 3.88. The molecule has 0 saturated carbocycles. The molecule has 0 aliphatic carbocycles. The fourth-order valence-corrected chi connectivity index (χ4v) is 2.98. The molecule has 3 rings (SSSR count). The van der Waals surface area contributed by atoms with Crippen LogP contribution in [0, 0.1) is 6.92 Å². The van der Waals surface area contributed by atoms with Crippen LogP contribution in [0.5, 0.6) is 0 Å². The number of aromatic nitrogens is 2.